The van der Waals surface area contributed by atoms with Crippen LogP contribution in [0.15, 0.2) is 60.7 Å². The minimum absolute atomic E-state index is 0.254. The maximum absolute atomic E-state index is 6.76. The van der Waals surface area contributed by atoms with E-state index in [2.05, 4.69) is 72.5 Å². The molecule has 0 saturated carbocycles. The zero-order valence-corrected chi connectivity index (χ0v) is 13.1. The third-order valence-electron chi connectivity index (χ3n) is 5.30. The second-order valence-electron chi connectivity index (χ2n) is 6.45. The maximum atomic E-state index is 6.76. The van der Waals surface area contributed by atoms with Gasteiger partial charge in [-0.15, -0.1) is 0 Å². The first-order valence-electron chi connectivity index (χ1n) is 8.37. The Morgan fingerprint density at radius 3 is 2.05 bits per heavy atom. The van der Waals surface area contributed by atoms with Gasteiger partial charge in [0.25, 0.3) is 0 Å². The highest BCUT2D eigenvalue weighted by Crippen LogP contribution is 2.47. The van der Waals surface area contributed by atoms with Crippen molar-refractivity contribution in [2.45, 2.75) is 44.1 Å². The highest BCUT2D eigenvalue weighted by Gasteiger charge is 2.53. The van der Waals surface area contributed by atoms with Crippen LogP contribution >= 0.6 is 0 Å². The molecule has 2 aromatic carbocycles. The van der Waals surface area contributed by atoms with Gasteiger partial charge in [-0.25, -0.2) is 0 Å². The van der Waals surface area contributed by atoms with E-state index in [-0.39, 0.29) is 11.8 Å². The molecule has 2 heterocycles. The summed E-state index contributed by atoms with van der Waals surface area (Å²) >= 11 is 0. The number of piperidine rings is 1. The van der Waals surface area contributed by atoms with Crippen molar-refractivity contribution in [2.75, 3.05) is 6.54 Å². The van der Waals surface area contributed by atoms with Gasteiger partial charge in [0.1, 0.15) is 11.8 Å². The summed E-state index contributed by atoms with van der Waals surface area (Å²) < 4.78 is 6.76. The molecule has 2 saturated heterocycles. The molecule has 0 aliphatic carbocycles. The van der Waals surface area contributed by atoms with E-state index in [0.717, 1.165) is 13.0 Å². The summed E-state index contributed by atoms with van der Waals surface area (Å²) in [5.74, 6) is 0. The molecule has 2 atom stereocenters. The number of hydrogen-bond donors (Lipinski definition) is 0. The predicted molar refractivity (Wildman–Crippen MR) is 88.6 cm³/mol. The fraction of sp³-hybridized carbons (Fsp3) is 0.400. The molecule has 22 heavy (non-hydrogen) atoms. The van der Waals surface area contributed by atoms with E-state index in [1.807, 2.05) is 0 Å². The maximum Gasteiger partial charge on any atom is 0.135 e. The molecule has 2 fully saturated rings. The lowest BCUT2D eigenvalue weighted by Gasteiger charge is -2.35. The molecule has 2 unspecified atom stereocenters. The molecular formula is C20H23NO. The molecular weight excluding hydrogens is 270 g/mol. The zero-order chi connectivity index (χ0) is 15.0. The average Bonchev–Trinajstić information content (AvgIpc) is 2.91. The summed E-state index contributed by atoms with van der Waals surface area (Å²) in [5, 5.41) is 0. The minimum atomic E-state index is -0.350. The molecule has 0 radical (unpaired) electrons. The largest absolute Gasteiger partial charge is 0.346 e. The Morgan fingerprint density at radius 2 is 1.50 bits per heavy atom. The van der Waals surface area contributed by atoms with Gasteiger partial charge in [0.15, 0.2) is 0 Å². The zero-order valence-electron chi connectivity index (χ0n) is 13.1. The molecule has 0 spiro atoms. The number of rotatable bonds is 2. The van der Waals surface area contributed by atoms with E-state index < -0.39 is 0 Å². The summed E-state index contributed by atoms with van der Waals surface area (Å²) in [4.78, 5) is 2.56. The van der Waals surface area contributed by atoms with Crippen LogP contribution in [0.2, 0.25) is 0 Å². The number of ether oxygens (including phenoxy) is 1. The molecule has 4 rings (SSSR count). The molecule has 2 heteroatoms. The first kappa shape index (κ1) is 14.0. The fourth-order valence-corrected chi connectivity index (χ4v) is 4.20. The van der Waals surface area contributed by atoms with Crippen molar-refractivity contribution in [3.8, 4) is 0 Å². The Kier molecular flexibility index (Phi) is 3.51. The third-order valence-corrected chi connectivity index (χ3v) is 5.30. The van der Waals surface area contributed by atoms with Gasteiger partial charge in [0, 0.05) is 12.6 Å². The highest BCUT2D eigenvalue weighted by molar-refractivity contribution is 5.39. The van der Waals surface area contributed by atoms with Crippen LogP contribution < -0.4 is 0 Å². The lowest BCUT2D eigenvalue weighted by Crippen LogP contribution is -2.44. The van der Waals surface area contributed by atoms with Gasteiger partial charge in [0.2, 0.25) is 0 Å². The number of fused-ring (bicyclic) bond motifs is 1. The highest BCUT2D eigenvalue weighted by atomic mass is 16.5. The standard InChI is InChI=1S/C20H23NO/c1-16-20(17-10-4-2-5-11-17,18-12-6-3-7-13-18)22-19-14-8-9-15-21(16)19/h2-7,10-13,16,19H,8-9,14-15H2,1H3. The first-order valence-corrected chi connectivity index (χ1v) is 8.37. The summed E-state index contributed by atoms with van der Waals surface area (Å²) in [6, 6.07) is 21.8. The van der Waals surface area contributed by atoms with Crippen molar-refractivity contribution >= 4 is 0 Å². The van der Waals surface area contributed by atoms with Gasteiger partial charge in [-0.2, -0.15) is 0 Å². The molecule has 114 valence electrons. The van der Waals surface area contributed by atoms with Crippen molar-refractivity contribution < 1.29 is 4.74 Å². The first-order chi connectivity index (χ1) is 10.8. The Balaban J connectivity index is 1.87. The van der Waals surface area contributed by atoms with Gasteiger partial charge in [0.05, 0.1) is 0 Å². The predicted octanol–water partition coefficient (Wildman–Crippen LogP) is 4.16. The Morgan fingerprint density at radius 1 is 0.909 bits per heavy atom. The topological polar surface area (TPSA) is 12.5 Å². The van der Waals surface area contributed by atoms with Crippen molar-refractivity contribution in [3.63, 3.8) is 0 Å². The number of hydrogen-bond acceptors (Lipinski definition) is 2. The Bertz CT molecular complexity index is 585. The van der Waals surface area contributed by atoms with Gasteiger partial charge in [-0.3, -0.25) is 4.90 Å². The van der Waals surface area contributed by atoms with E-state index >= 15 is 0 Å². The van der Waals surface area contributed by atoms with E-state index in [4.69, 9.17) is 4.74 Å². The van der Waals surface area contributed by atoms with Crippen LogP contribution in [-0.4, -0.2) is 23.7 Å². The minimum Gasteiger partial charge on any atom is -0.346 e. The van der Waals surface area contributed by atoms with Crippen LogP contribution in [0.1, 0.15) is 37.3 Å². The van der Waals surface area contributed by atoms with Crippen molar-refractivity contribution in [3.05, 3.63) is 71.8 Å². The van der Waals surface area contributed by atoms with Crippen LogP contribution in [-0.2, 0) is 10.3 Å². The molecule has 0 bridgehead atoms. The Hall–Kier alpha value is -1.64. The second kappa shape index (κ2) is 5.53. The SMILES string of the molecule is CC1N2CCCCC2OC1(c1ccccc1)c1ccccc1. The van der Waals surface area contributed by atoms with E-state index in [9.17, 15) is 0 Å². The van der Waals surface area contributed by atoms with Gasteiger partial charge in [-0.05, 0) is 37.3 Å². The molecule has 2 nitrogen and oxygen atoms in total. The molecule has 2 aromatic rings. The fourth-order valence-electron chi connectivity index (χ4n) is 4.20. The van der Waals surface area contributed by atoms with Crippen LogP contribution in [0.25, 0.3) is 0 Å². The Labute approximate surface area is 132 Å². The van der Waals surface area contributed by atoms with Crippen molar-refractivity contribution in [1.29, 1.82) is 0 Å². The summed E-state index contributed by atoms with van der Waals surface area (Å²) in [6.45, 7) is 3.47. The van der Waals surface area contributed by atoms with Gasteiger partial charge in [-0.1, -0.05) is 60.7 Å². The summed E-state index contributed by atoms with van der Waals surface area (Å²) in [7, 11) is 0. The van der Waals surface area contributed by atoms with Crippen LogP contribution in [0.3, 0.4) is 0 Å². The van der Waals surface area contributed by atoms with E-state index in [1.54, 1.807) is 0 Å². The smallest absolute Gasteiger partial charge is 0.135 e. The van der Waals surface area contributed by atoms with E-state index in [1.165, 1.54) is 24.0 Å². The third kappa shape index (κ3) is 2.02. The normalized spacial score (nSPS) is 27.5. The van der Waals surface area contributed by atoms with E-state index in [0.29, 0.717) is 6.04 Å². The van der Waals surface area contributed by atoms with Crippen molar-refractivity contribution in [2.24, 2.45) is 0 Å². The lowest BCUT2D eigenvalue weighted by atomic mass is 9.80. The molecule has 2 aliphatic rings. The summed E-state index contributed by atoms with van der Waals surface area (Å²) in [5.41, 5.74) is 2.18. The monoisotopic (exact) mass is 293 g/mol. The van der Waals surface area contributed by atoms with Crippen LogP contribution in [0.5, 0.6) is 0 Å². The van der Waals surface area contributed by atoms with Crippen LogP contribution in [0.4, 0.5) is 0 Å². The van der Waals surface area contributed by atoms with Gasteiger partial charge < -0.3 is 4.74 Å². The van der Waals surface area contributed by atoms with Crippen LogP contribution in [0, 0.1) is 0 Å². The second-order valence-corrected chi connectivity index (χ2v) is 6.45. The summed E-state index contributed by atoms with van der Waals surface area (Å²) in [6.07, 6.45) is 3.95. The van der Waals surface area contributed by atoms with Gasteiger partial charge >= 0.3 is 0 Å². The molecule has 2 aliphatic heterocycles. The quantitative estimate of drug-likeness (QED) is 0.824. The average molecular weight is 293 g/mol. The van der Waals surface area contributed by atoms with Crippen molar-refractivity contribution in [1.82, 2.24) is 4.90 Å². The lowest BCUT2D eigenvalue weighted by molar-refractivity contribution is -0.0541. The number of benzene rings is 2. The molecule has 0 aromatic heterocycles. The molecule has 0 N–H and O–H groups in total. The number of nitrogens with zero attached hydrogens (tertiary/aromatic N) is 1. The molecule has 0 amide bonds.